The first kappa shape index (κ1) is 13.4. The highest BCUT2D eigenvalue weighted by atomic mass is 35.5. The fourth-order valence-corrected chi connectivity index (χ4v) is 2.65. The molecule has 5 nitrogen and oxygen atoms in total. The van der Waals surface area contributed by atoms with Gasteiger partial charge in [0, 0.05) is 20.6 Å². The van der Waals surface area contributed by atoms with E-state index in [1.54, 1.807) is 13.2 Å². The molecular formula is C12H19ClN4O. The second-order valence-corrected chi connectivity index (χ2v) is 5.24. The molecule has 100 valence electrons. The van der Waals surface area contributed by atoms with Gasteiger partial charge in [0.05, 0.1) is 11.9 Å². The van der Waals surface area contributed by atoms with Crippen LogP contribution in [0.15, 0.2) is 11.0 Å². The Hall–Kier alpha value is -1.07. The average Bonchev–Trinajstić information content (AvgIpc) is 2.37. The van der Waals surface area contributed by atoms with Gasteiger partial charge in [-0.1, -0.05) is 11.6 Å². The van der Waals surface area contributed by atoms with Gasteiger partial charge in [0.1, 0.15) is 5.02 Å². The zero-order valence-corrected chi connectivity index (χ0v) is 11.6. The lowest BCUT2D eigenvalue weighted by Gasteiger charge is -2.29. The number of anilines is 1. The van der Waals surface area contributed by atoms with Crippen LogP contribution in [-0.4, -0.2) is 36.5 Å². The third-order valence-electron chi connectivity index (χ3n) is 3.40. The standard InChI is InChI=1S/C12H19ClN4O/c1-16(8-9-4-3-5-14-6-9)10-7-15-17(2)12(18)11(10)13/h7,9,14H,3-6,8H2,1-2H3. The topological polar surface area (TPSA) is 50.2 Å². The Bertz CT molecular complexity index is 468. The molecule has 1 N–H and O–H groups in total. The molecule has 2 heterocycles. The summed E-state index contributed by atoms with van der Waals surface area (Å²) in [5.74, 6) is 0.601. The van der Waals surface area contributed by atoms with Crippen molar-refractivity contribution < 1.29 is 0 Å². The highest BCUT2D eigenvalue weighted by molar-refractivity contribution is 6.33. The van der Waals surface area contributed by atoms with Crippen LogP contribution < -0.4 is 15.8 Å². The summed E-state index contributed by atoms with van der Waals surface area (Å²) in [6.07, 6.45) is 4.08. The summed E-state index contributed by atoms with van der Waals surface area (Å²) in [6.45, 7) is 3.02. The molecule has 1 atom stereocenters. The lowest BCUT2D eigenvalue weighted by molar-refractivity contribution is 0.381. The van der Waals surface area contributed by atoms with Crippen molar-refractivity contribution >= 4 is 17.3 Å². The van der Waals surface area contributed by atoms with Crippen molar-refractivity contribution in [3.8, 4) is 0 Å². The molecule has 0 bridgehead atoms. The number of halogens is 1. The molecule has 0 radical (unpaired) electrons. The molecule has 0 aliphatic carbocycles. The quantitative estimate of drug-likeness (QED) is 0.886. The highest BCUT2D eigenvalue weighted by Gasteiger charge is 2.18. The summed E-state index contributed by atoms with van der Waals surface area (Å²) in [5, 5.41) is 7.65. The molecule has 0 aromatic carbocycles. The van der Waals surface area contributed by atoms with E-state index in [9.17, 15) is 4.79 Å². The fraction of sp³-hybridized carbons (Fsp3) is 0.667. The molecular weight excluding hydrogens is 252 g/mol. The molecule has 1 unspecified atom stereocenters. The van der Waals surface area contributed by atoms with E-state index in [0.29, 0.717) is 11.6 Å². The Morgan fingerprint density at radius 3 is 3.11 bits per heavy atom. The van der Waals surface area contributed by atoms with Crippen LogP contribution in [-0.2, 0) is 7.05 Å². The molecule has 1 aliphatic heterocycles. The Kier molecular flexibility index (Phi) is 4.24. The number of aryl methyl sites for hydroxylation is 1. The van der Waals surface area contributed by atoms with Gasteiger partial charge in [-0.3, -0.25) is 4.79 Å². The largest absolute Gasteiger partial charge is 0.372 e. The van der Waals surface area contributed by atoms with E-state index in [4.69, 9.17) is 11.6 Å². The summed E-state index contributed by atoms with van der Waals surface area (Å²) in [5.41, 5.74) is 0.466. The van der Waals surface area contributed by atoms with Crippen molar-refractivity contribution in [2.75, 3.05) is 31.6 Å². The first-order chi connectivity index (χ1) is 8.59. The van der Waals surface area contributed by atoms with E-state index in [2.05, 4.69) is 10.4 Å². The van der Waals surface area contributed by atoms with Crippen molar-refractivity contribution in [3.63, 3.8) is 0 Å². The van der Waals surface area contributed by atoms with E-state index in [0.717, 1.165) is 19.6 Å². The van der Waals surface area contributed by atoms with Crippen LogP contribution in [0.25, 0.3) is 0 Å². The minimum absolute atomic E-state index is 0.247. The van der Waals surface area contributed by atoms with Crippen LogP contribution in [0.5, 0.6) is 0 Å². The van der Waals surface area contributed by atoms with E-state index in [1.807, 2.05) is 11.9 Å². The van der Waals surface area contributed by atoms with E-state index in [1.165, 1.54) is 17.5 Å². The van der Waals surface area contributed by atoms with Gasteiger partial charge < -0.3 is 10.2 Å². The number of aromatic nitrogens is 2. The van der Waals surface area contributed by atoms with Crippen LogP contribution in [0.4, 0.5) is 5.69 Å². The van der Waals surface area contributed by atoms with Gasteiger partial charge in [0.15, 0.2) is 0 Å². The highest BCUT2D eigenvalue weighted by Crippen LogP contribution is 2.21. The fourth-order valence-electron chi connectivity index (χ4n) is 2.33. The lowest BCUT2D eigenvalue weighted by atomic mass is 9.99. The molecule has 1 aromatic heterocycles. The Labute approximate surface area is 112 Å². The van der Waals surface area contributed by atoms with Gasteiger partial charge in [0.2, 0.25) is 0 Å². The molecule has 0 spiro atoms. The summed E-state index contributed by atoms with van der Waals surface area (Å²) in [6, 6.07) is 0. The maximum Gasteiger partial charge on any atom is 0.287 e. The van der Waals surface area contributed by atoms with Gasteiger partial charge in [0.25, 0.3) is 5.56 Å². The summed E-state index contributed by atoms with van der Waals surface area (Å²) in [7, 11) is 3.56. The summed E-state index contributed by atoms with van der Waals surface area (Å²) < 4.78 is 1.25. The molecule has 1 aromatic rings. The number of piperidine rings is 1. The molecule has 1 saturated heterocycles. The zero-order chi connectivity index (χ0) is 13.1. The van der Waals surface area contributed by atoms with Crippen LogP contribution in [0, 0.1) is 5.92 Å². The summed E-state index contributed by atoms with van der Waals surface area (Å²) in [4.78, 5) is 13.7. The molecule has 2 rings (SSSR count). The van der Waals surface area contributed by atoms with Crippen molar-refractivity contribution in [3.05, 3.63) is 21.6 Å². The van der Waals surface area contributed by atoms with E-state index < -0.39 is 0 Å². The number of hydrogen-bond donors (Lipinski definition) is 1. The minimum atomic E-state index is -0.247. The number of rotatable bonds is 3. The van der Waals surface area contributed by atoms with Crippen LogP contribution in [0.2, 0.25) is 5.02 Å². The predicted molar refractivity (Wildman–Crippen MR) is 73.4 cm³/mol. The third kappa shape index (κ3) is 2.84. The third-order valence-corrected chi connectivity index (χ3v) is 3.76. The molecule has 1 aliphatic rings. The number of nitrogens with one attached hydrogen (secondary N) is 1. The maximum absolute atomic E-state index is 11.7. The molecule has 1 fully saturated rings. The van der Waals surface area contributed by atoms with Gasteiger partial charge in [-0.2, -0.15) is 5.10 Å². The van der Waals surface area contributed by atoms with Gasteiger partial charge in [-0.25, -0.2) is 4.68 Å². The van der Waals surface area contributed by atoms with Crippen LogP contribution in [0.3, 0.4) is 0 Å². The van der Waals surface area contributed by atoms with Crippen LogP contribution in [0.1, 0.15) is 12.8 Å². The van der Waals surface area contributed by atoms with Gasteiger partial charge >= 0.3 is 0 Å². The minimum Gasteiger partial charge on any atom is -0.372 e. The second-order valence-electron chi connectivity index (χ2n) is 4.87. The van der Waals surface area contributed by atoms with Crippen molar-refractivity contribution in [2.24, 2.45) is 13.0 Å². The van der Waals surface area contributed by atoms with Crippen molar-refractivity contribution in [1.29, 1.82) is 0 Å². The SMILES string of the molecule is CN(CC1CCCNC1)c1cnn(C)c(=O)c1Cl. The molecule has 0 amide bonds. The van der Waals surface area contributed by atoms with Crippen LogP contribution >= 0.6 is 11.6 Å². The van der Waals surface area contributed by atoms with Crippen molar-refractivity contribution in [2.45, 2.75) is 12.8 Å². The maximum atomic E-state index is 11.7. The van der Waals surface area contributed by atoms with E-state index >= 15 is 0 Å². The monoisotopic (exact) mass is 270 g/mol. The van der Waals surface area contributed by atoms with E-state index in [-0.39, 0.29) is 10.6 Å². The number of hydrogen-bond acceptors (Lipinski definition) is 4. The molecule has 0 saturated carbocycles. The smallest absolute Gasteiger partial charge is 0.287 e. The Morgan fingerprint density at radius 2 is 2.44 bits per heavy atom. The normalized spacial score (nSPS) is 19.8. The Morgan fingerprint density at radius 1 is 1.67 bits per heavy atom. The van der Waals surface area contributed by atoms with Gasteiger partial charge in [-0.05, 0) is 31.8 Å². The van der Waals surface area contributed by atoms with Gasteiger partial charge in [-0.15, -0.1) is 0 Å². The number of nitrogens with zero attached hydrogens (tertiary/aromatic N) is 3. The first-order valence-corrected chi connectivity index (χ1v) is 6.61. The average molecular weight is 271 g/mol. The summed E-state index contributed by atoms with van der Waals surface area (Å²) >= 11 is 6.08. The first-order valence-electron chi connectivity index (χ1n) is 6.23. The Balaban J connectivity index is 2.11. The second kappa shape index (κ2) is 5.71. The predicted octanol–water partition coefficient (Wildman–Crippen LogP) is 0.869. The molecule has 18 heavy (non-hydrogen) atoms. The molecule has 6 heteroatoms. The van der Waals surface area contributed by atoms with Crippen molar-refractivity contribution in [1.82, 2.24) is 15.1 Å². The zero-order valence-electron chi connectivity index (χ0n) is 10.8. The lowest BCUT2D eigenvalue weighted by Crippen LogP contribution is -2.37.